The SMILES string of the molecule is C1=CC(c2ccc3oc4ccccc4c3c2)CC=C1c1ccc(-n2c3ccccc3c3c4sc5ccccc5c4ccc32)cc1. The fourth-order valence-corrected chi connectivity index (χ4v) is 8.63. The van der Waals surface area contributed by atoms with E-state index in [2.05, 4.69) is 138 Å². The molecular weight excluding hydrogens is 567 g/mol. The Bertz CT molecular complexity index is 2680. The molecule has 0 radical (unpaired) electrons. The van der Waals surface area contributed by atoms with Crippen molar-refractivity contribution in [2.75, 3.05) is 0 Å². The van der Waals surface area contributed by atoms with Crippen LogP contribution in [0.25, 0.3) is 75.2 Å². The molecule has 1 atom stereocenters. The first kappa shape index (κ1) is 25.0. The van der Waals surface area contributed by atoms with E-state index < -0.39 is 0 Å². The highest BCUT2D eigenvalue weighted by Crippen LogP contribution is 2.43. The molecule has 0 saturated carbocycles. The van der Waals surface area contributed by atoms with Gasteiger partial charge in [0.1, 0.15) is 11.2 Å². The van der Waals surface area contributed by atoms with E-state index in [0.29, 0.717) is 5.92 Å². The van der Waals surface area contributed by atoms with Crippen LogP contribution in [0.2, 0.25) is 0 Å². The summed E-state index contributed by atoms with van der Waals surface area (Å²) in [6.07, 6.45) is 8.01. The molecule has 45 heavy (non-hydrogen) atoms. The van der Waals surface area contributed by atoms with E-state index in [9.17, 15) is 0 Å². The Hall–Kier alpha value is -5.38. The minimum absolute atomic E-state index is 0.356. The van der Waals surface area contributed by atoms with Crippen LogP contribution in [0.4, 0.5) is 0 Å². The maximum atomic E-state index is 6.05. The molecule has 1 aliphatic carbocycles. The normalized spacial score (nSPS) is 15.3. The Morgan fingerprint density at radius 2 is 1.40 bits per heavy atom. The van der Waals surface area contributed by atoms with Gasteiger partial charge in [0.05, 0.1) is 11.0 Å². The first-order chi connectivity index (χ1) is 22.3. The fraction of sp³-hybridized carbons (Fsp3) is 0.0476. The van der Waals surface area contributed by atoms with Crippen LogP contribution in [0.15, 0.2) is 150 Å². The van der Waals surface area contributed by atoms with Crippen LogP contribution in [0.5, 0.6) is 0 Å². The van der Waals surface area contributed by atoms with Gasteiger partial charge < -0.3 is 8.98 Å². The zero-order chi connectivity index (χ0) is 29.5. The molecule has 2 nitrogen and oxygen atoms in total. The lowest BCUT2D eigenvalue weighted by atomic mass is 9.87. The van der Waals surface area contributed by atoms with Crippen LogP contribution in [0.1, 0.15) is 23.5 Å². The number of allylic oxidation sites excluding steroid dienone is 4. The molecule has 9 aromatic rings. The molecule has 0 bridgehead atoms. The monoisotopic (exact) mass is 593 g/mol. The van der Waals surface area contributed by atoms with Gasteiger partial charge in [0.2, 0.25) is 0 Å². The third-order valence-electron chi connectivity index (χ3n) is 9.57. The zero-order valence-electron chi connectivity index (χ0n) is 24.4. The first-order valence-corrected chi connectivity index (χ1v) is 16.4. The second kappa shape index (κ2) is 9.56. The van der Waals surface area contributed by atoms with Crippen LogP contribution in [0.3, 0.4) is 0 Å². The zero-order valence-corrected chi connectivity index (χ0v) is 25.2. The molecule has 0 N–H and O–H groups in total. The van der Waals surface area contributed by atoms with Crippen molar-refractivity contribution in [1.82, 2.24) is 4.57 Å². The van der Waals surface area contributed by atoms with Crippen molar-refractivity contribution in [2.24, 2.45) is 0 Å². The van der Waals surface area contributed by atoms with Crippen molar-refractivity contribution in [3.05, 3.63) is 157 Å². The second-order valence-electron chi connectivity index (χ2n) is 12.0. The maximum Gasteiger partial charge on any atom is 0.135 e. The molecule has 0 aliphatic heterocycles. The van der Waals surface area contributed by atoms with E-state index in [-0.39, 0.29) is 0 Å². The molecule has 1 aliphatic rings. The largest absolute Gasteiger partial charge is 0.456 e. The summed E-state index contributed by atoms with van der Waals surface area (Å²) in [7, 11) is 0. The Morgan fingerprint density at radius 1 is 0.622 bits per heavy atom. The number of furan rings is 1. The average Bonchev–Trinajstić information content (AvgIpc) is 3.77. The summed E-state index contributed by atoms with van der Waals surface area (Å²) >= 11 is 1.90. The summed E-state index contributed by atoms with van der Waals surface area (Å²) in [6, 6.07) is 46.2. The van der Waals surface area contributed by atoms with E-state index in [1.165, 1.54) is 75.1 Å². The Kier molecular flexibility index (Phi) is 5.31. The van der Waals surface area contributed by atoms with Gasteiger partial charge in [-0.2, -0.15) is 0 Å². The third kappa shape index (κ3) is 3.74. The van der Waals surface area contributed by atoms with Gasteiger partial charge in [0, 0.05) is 53.3 Å². The lowest BCUT2D eigenvalue weighted by Crippen LogP contribution is -1.99. The molecule has 10 rings (SSSR count). The van der Waals surface area contributed by atoms with Crippen LogP contribution < -0.4 is 0 Å². The van der Waals surface area contributed by atoms with Crippen molar-refractivity contribution in [3.63, 3.8) is 0 Å². The van der Waals surface area contributed by atoms with Crippen LogP contribution >= 0.6 is 11.3 Å². The number of rotatable bonds is 3. The van der Waals surface area contributed by atoms with Gasteiger partial charge in [0.25, 0.3) is 0 Å². The standard InChI is InChI=1S/C42H27NOS/c1-4-10-36-34(9-1)41-37(23-22-33-32-8-3-6-12-40(32)45-42(33)41)43(36)30-20-17-27(18-21-30)26-13-15-28(16-14-26)29-19-24-39-35(25-29)31-7-2-5-11-38(31)44-39/h1-15,17-25,28H,16H2. The Balaban J connectivity index is 1.00. The molecule has 0 amide bonds. The summed E-state index contributed by atoms with van der Waals surface area (Å²) in [5.74, 6) is 0.356. The quantitative estimate of drug-likeness (QED) is 0.199. The molecule has 3 heterocycles. The molecule has 0 spiro atoms. The number of fused-ring (bicyclic) bond motifs is 10. The lowest BCUT2D eigenvalue weighted by Gasteiger charge is -2.17. The Morgan fingerprint density at radius 3 is 2.27 bits per heavy atom. The van der Waals surface area contributed by atoms with Crippen molar-refractivity contribution in [2.45, 2.75) is 12.3 Å². The average molecular weight is 594 g/mol. The second-order valence-corrected chi connectivity index (χ2v) is 13.1. The predicted molar refractivity (Wildman–Crippen MR) is 192 cm³/mol. The van der Waals surface area contributed by atoms with Gasteiger partial charge in [0.15, 0.2) is 0 Å². The smallest absolute Gasteiger partial charge is 0.135 e. The minimum atomic E-state index is 0.356. The van der Waals surface area contributed by atoms with Crippen molar-refractivity contribution in [3.8, 4) is 5.69 Å². The van der Waals surface area contributed by atoms with E-state index in [4.69, 9.17) is 4.42 Å². The van der Waals surface area contributed by atoms with Crippen molar-refractivity contribution in [1.29, 1.82) is 0 Å². The highest BCUT2D eigenvalue weighted by Gasteiger charge is 2.18. The number of para-hydroxylation sites is 2. The molecule has 1 unspecified atom stereocenters. The number of hydrogen-bond donors (Lipinski definition) is 0. The van der Waals surface area contributed by atoms with Crippen LogP contribution in [-0.2, 0) is 0 Å². The topological polar surface area (TPSA) is 18.1 Å². The summed E-state index contributed by atoms with van der Waals surface area (Å²) < 4.78 is 11.2. The first-order valence-electron chi connectivity index (χ1n) is 15.5. The number of nitrogens with zero attached hydrogens (tertiary/aromatic N) is 1. The van der Waals surface area contributed by atoms with E-state index >= 15 is 0 Å². The highest BCUT2D eigenvalue weighted by atomic mass is 32.1. The van der Waals surface area contributed by atoms with Gasteiger partial charge in [-0.25, -0.2) is 0 Å². The predicted octanol–water partition coefficient (Wildman–Crippen LogP) is 12.2. The number of thiophene rings is 1. The van der Waals surface area contributed by atoms with Crippen LogP contribution in [0, 0.1) is 0 Å². The number of aromatic nitrogens is 1. The molecule has 0 fully saturated rings. The van der Waals surface area contributed by atoms with E-state index in [1.807, 2.05) is 23.5 Å². The molecule has 212 valence electrons. The fourth-order valence-electron chi connectivity index (χ4n) is 7.37. The highest BCUT2D eigenvalue weighted by molar-refractivity contribution is 7.26. The van der Waals surface area contributed by atoms with Crippen molar-refractivity contribution < 1.29 is 4.42 Å². The molecule has 3 aromatic heterocycles. The lowest BCUT2D eigenvalue weighted by molar-refractivity contribution is 0.668. The van der Waals surface area contributed by atoms with Gasteiger partial charge in [-0.3, -0.25) is 0 Å². The molecule has 3 heteroatoms. The maximum absolute atomic E-state index is 6.05. The van der Waals surface area contributed by atoms with Gasteiger partial charge in [-0.1, -0.05) is 97.1 Å². The molecule has 0 saturated heterocycles. The Labute approximate surface area is 263 Å². The summed E-state index contributed by atoms with van der Waals surface area (Å²) in [4.78, 5) is 0. The van der Waals surface area contributed by atoms with Gasteiger partial charge in [-0.05, 0) is 71.7 Å². The van der Waals surface area contributed by atoms with Crippen LogP contribution in [-0.4, -0.2) is 4.57 Å². The van der Waals surface area contributed by atoms with E-state index in [0.717, 1.165) is 17.6 Å². The summed E-state index contributed by atoms with van der Waals surface area (Å²) in [6.45, 7) is 0. The third-order valence-corrected chi connectivity index (χ3v) is 10.8. The molecular formula is C42H27NOS. The van der Waals surface area contributed by atoms with E-state index in [1.54, 1.807) is 0 Å². The molecule has 6 aromatic carbocycles. The summed E-state index contributed by atoms with van der Waals surface area (Å²) in [5, 5.41) is 7.71. The number of benzene rings is 6. The van der Waals surface area contributed by atoms with Crippen molar-refractivity contribution >= 4 is 80.8 Å². The van der Waals surface area contributed by atoms with Gasteiger partial charge in [-0.15, -0.1) is 11.3 Å². The number of hydrogen-bond acceptors (Lipinski definition) is 2. The van der Waals surface area contributed by atoms with Gasteiger partial charge >= 0.3 is 0 Å². The summed E-state index contributed by atoms with van der Waals surface area (Å²) in [5.41, 5.74) is 9.44. The minimum Gasteiger partial charge on any atom is -0.456 e.